The Morgan fingerprint density at radius 2 is 1.76 bits per heavy atom. The second kappa shape index (κ2) is 18.1. The molecule has 51 heavy (non-hydrogen) atoms. The molecule has 1 atom stereocenters. The summed E-state index contributed by atoms with van der Waals surface area (Å²) >= 11 is 0. The summed E-state index contributed by atoms with van der Waals surface area (Å²) < 4.78 is 17.2. The number of ether oxygens (including phenoxy) is 3. The molecule has 2 amide bonds. The molecule has 6 rings (SSSR count). The van der Waals surface area contributed by atoms with Crippen molar-refractivity contribution in [2.24, 2.45) is 5.92 Å². The van der Waals surface area contributed by atoms with Crippen LogP contribution in [0.4, 0.5) is 5.82 Å². The van der Waals surface area contributed by atoms with Gasteiger partial charge in [0, 0.05) is 75.2 Å². The number of anilines is 1. The van der Waals surface area contributed by atoms with Gasteiger partial charge in [-0.2, -0.15) is 5.10 Å². The minimum Gasteiger partial charge on any atom is -0.493 e. The maximum Gasteiger partial charge on any atom is 0.290 e. The van der Waals surface area contributed by atoms with Crippen molar-refractivity contribution in [3.63, 3.8) is 0 Å². The van der Waals surface area contributed by atoms with Crippen LogP contribution in [-0.2, 0) is 16.1 Å². The zero-order valence-corrected chi connectivity index (χ0v) is 30.4. The maximum absolute atomic E-state index is 14.2. The highest BCUT2D eigenvalue weighted by Gasteiger charge is 2.29. The van der Waals surface area contributed by atoms with Gasteiger partial charge in [0.05, 0.1) is 44.3 Å². The van der Waals surface area contributed by atoms with Crippen LogP contribution < -0.4 is 24.4 Å². The number of rotatable bonds is 6. The molecule has 3 N–H and O–H groups in total. The molecule has 1 saturated heterocycles. The van der Waals surface area contributed by atoms with Crippen LogP contribution in [0.3, 0.4) is 0 Å². The van der Waals surface area contributed by atoms with E-state index in [-0.39, 0.29) is 24.7 Å². The summed E-state index contributed by atoms with van der Waals surface area (Å²) in [6, 6.07) is 4.09. The average Bonchev–Trinajstić information content (AvgIpc) is 3.66. The quantitative estimate of drug-likeness (QED) is 0.311. The van der Waals surface area contributed by atoms with Gasteiger partial charge in [-0.05, 0) is 44.2 Å². The Balaban J connectivity index is 0.00000162. The molecule has 14 heteroatoms. The summed E-state index contributed by atoms with van der Waals surface area (Å²) in [5.41, 5.74) is 3.44. The topological polar surface area (TPSA) is 162 Å². The molecular formula is C37H53N7O7. The highest BCUT2D eigenvalue weighted by atomic mass is 16.5. The third kappa shape index (κ3) is 8.84. The number of amides is 2. The first kappa shape index (κ1) is 37.7. The first-order valence-electron chi connectivity index (χ1n) is 18.1. The normalized spacial score (nSPS) is 19.5. The number of carbonyl (C=O) groups is 3. The number of piperidine rings is 1. The van der Waals surface area contributed by atoms with Gasteiger partial charge in [-0.25, -0.2) is 4.98 Å². The molecule has 1 saturated carbocycles. The van der Waals surface area contributed by atoms with Crippen molar-refractivity contribution in [3.05, 3.63) is 35.2 Å². The van der Waals surface area contributed by atoms with E-state index in [1.165, 1.54) is 19.3 Å². The molecule has 3 aliphatic rings. The number of nitrogens with zero attached hydrogens (tertiary/aromatic N) is 5. The molecule has 0 radical (unpaired) electrons. The Labute approximate surface area is 299 Å². The van der Waals surface area contributed by atoms with Gasteiger partial charge >= 0.3 is 0 Å². The van der Waals surface area contributed by atoms with E-state index in [0.717, 1.165) is 73.3 Å². The number of carbonyl (C=O) groups excluding carboxylic acids is 2. The molecule has 2 fully saturated rings. The Morgan fingerprint density at radius 3 is 2.47 bits per heavy atom. The number of H-pyrrole nitrogens is 1. The summed E-state index contributed by atoms with van der Waals surface area (Å²) in [6.07, 6.45) is 9.71. The van der Waals surface area contributed by atoms with Crippen molar-refractivity contribution < 1.29 is 33.7 Å². The summed E-state index contributed by atoms with van der Waals surface area (Å²) in [5, 5.41) is 18.4. The lowest BCUT2D eigenvalue weighted by Crippen LogP contribution is -2.42. The molecule has 2 bridgehead atoms. The van der Waals surface area contributed by atoms with Gasteiger partial charge in [0.1, 0.15) is 5.82 Å². The van der Waals surface area contributed by atoms with E-state index in [1.807, 2.05) is 11.0 Å². The lowest BCUT2D eigenvalue weighted by Gasteiger charge is -2.35. The van der Waals surface area contributed by atoms with Crippen LogP contribution in [0.2, 0.25) is 0 Å². The van der Waals surface area contributed by atoms with Crippen LogP contribution in [0, 0.1) is 5.92 Å². The van der Waals surface area contributed by atoms with E-state index in [0.29, 0.717) is 67.4 Å². The standard InChI is InChI=1S/C36H51N7O5.CH2O2/c1-5-41-16-17-42(36(45)28-21-38-40-32(28)25-11-7-6-8-12-25)15-13-31(44)37-20-24-10-9-14-43(22-24)35-26(23-41)18-27-29(39-35)19-30(46-2)34(48-4)33(27)47-3;2-1-3/h18-19,21,24-25H,5-17,20,22-23H2,1-4H3,(H,37,44)(H,38,40);1H,(H,2,3). The molecule has 3 aromatic rings. The van der Waals surface area contributed by atoms with Crippen LogP contribution in [0.15, 0.2) is 18.3 Å². The highest BCUT2D eigenvalue weighted by Crippen LogP contribution is 2.44. The van der Waals surface area contributed by atoms with Crippen molar-refractivity contribution in [1.29, 1.82) is 0 Å². The van der Waals surface area contributed by atoms with Crippen molar-refractivity contribution in [1.82, 2.24) is 30.3 Å². The fraction of sp³-hybridized carbons (Fsp3) is 0.595. The van der Waals surface area contributed by atoms with E-state index in [1.54, 1.807) is 27.5 Å². The lowest BCUT2D eigenvalue weighted by molar-refractivity contribution is -0.123. The number of fused-ring (bicyclic) bond motifs is 5. The van der Waals surface area contributed by atoms with E-state index in [4.69, 9.17) is 29.1 Å². The molecule has 0 spiro atoms. The second-order valence-corrected chi connectivity index (χ2v) is 13.5. The third-order valence-electron chi connectivity index (χ3n) is 10.4. The molecule has 14 nitrogen and oxygen atoms in total. The Hall–Kier alpha value is -4.59. The molecule has 2 aliphatic heterocycles. The lowest BCUT2D eigenvalue weighted by atomic mass is 9.85. The Morgan fingerprint density at radius 1 is 1.00 bits per heavy atom. The summed E-state index contributed by atoms with van der Waals surface area (Å²) in [7, 11) is 4.87. The van der Waals surface area contributed by atoms with Gasteiger partial charge < -0.3 is 34.4 Å². The van der Waals surface area contributed by atoms with Gasteiger partial charge in [0.2, 0.25) is 11.7 Å². The van der Waals surface area contributed by atoms with Gasteiger partial charge in [-0.15, -0.1) is 0 Å². The number of pyridine rings is 1. The fourth-order valence-corrected chi connectivity index (χ4v) is 7.73. The van der Waals surface area contributed by atoms with Gasteiger partial charge in [-0.3, -0.25) is 24.4 Å². The van der Waals surface area contributed by atoms with Gasteiger partial charge in [0.15, 0.2) is 11.5 Å². The monoisotopic (exact) mass is 707 g/mol. The third-order valence-corrected chi connectivity index (χ3v) is 10.4. The molecule has 278 valence electrons. The smallest absolute Gasteiger partial charge is 0.290 e. The Bertz CT molecular complexity index is 1640. The summed E-state index contributed by atoms with van der Waals surface area (Å²) in [4.78, 5) is 47.5. The van der Waals surface area contributed by atoms with Crippen molar-refractivity contribution in [2.45, 2.75) is 70.8 Å². The van der Waals surface area contributed by atoms with Gasteiger partial charge in [0.25, 0.3) is 12.4 Å². The van der Waals surface area contributed by atoms with Crippen molar-refractivity contribution in [2.75, 3.05) is 72.0 Å². The molecule has 1 unspecified atom stereocenters. The SMILES string of the molecule is CCN1CCN(C(=O)c2cn[nH]c2C2CCCCC2)CCC(=O)NCC2CCCN(C2)c2nc3cc(OC)c(OC)c(OC)c3cc2C1.O=CO. The summed E-state index contributed by atoms with van der Waals surface area (Å²) in [6.45, 7) is 7.10. The minimum absolute atomic E-state index is 0.0236. The van der Waals surface area contributed by atoms with Crippen LogP contribution in [0.1, 0.15) is 85.8 Å². The first-order valence-corrected chi connectivity index (χ1v) is 18.1. The van der Waals surface area contributed by atoms with E-state index < -0.39 is 0 Å². The fourth-order valence-electron chi connectivity index (χ4n) is 7.73. The van der Waals surface area contributed by atoms with Crippen LogP contribution in [0.5, 0.6) is 17.2 Å². The Kier molecular flexibility index (Phi) is 13.3. The molecule has 4 heterocycles. The average molecular weight is 708 g/mol. The van der Waals surface area contributed by atoms with Gasteiger partial charge in [-0.1, -0.05) is 26.2 Å². The van der Waals surface area contributed by atoms with Crippen LogP contribution in [-0.4, -0.2) is 116 Å². The summed E-state index contributed by atoms with van der Waals surface area (Å²) in [5.74, 6) is 3.16. The minimum atomic E-state index is -0.250. The number of aromatic nitrogens is 3. The molecule has 1 aliphatic carbocycles. The molecular weight excluding hydrogens is 654 g/mol. The number of methoxy groups -OCH3 is 3. The molecule has 1 aromatic carbocycles. The zero-order valence-electron chi connectivity index (χ0n) is 30.4. The van der Waals surface area contributed by atoms with E-state index in [9.17, 15) is 9.59 Å². The number of benzene rings is 1. The number of hydrogen-bond acceptors (Lipinski definition) is 10. The first-order chi connectivity index (χ1) is 24.8. The number of hydrogen-bond donors (Lipinski definition) is 3. The second-order valence-electron chi connectivity index (χ2n) is 13.5. The predicted molar refractivity (Wildman–Crippen MR) is 194 cm³/mol. The van der Waals surface area contributed by atoms with Crippen LogP contribution >= 0.6 is 0 Å². The largest absolute Gasteiger partial charge is 0.493 e. The predicted octanol–water partition coefficient (Wildman–Crippen LogP) is 4.43. The maximum atomic E-state index is 14.2. The molecule has 2 aromatic heterocycles. The highest BCUT2D eigenvalue weighted by molar-refractivity contribution is 5.95. The number of aromatic amines is 1. The van der Waals surface area contributed by atoms with E-state index in [2.05, 4.69) is 38.3 Å². The number of nitrogens with one attached hydrogen (secondary N) is 2. The number of likely N-dealkylation sites (N-methyl/N-ethyl adjacent to an activating group) is 1. The van der Waals surface area contributed by atoms with Crippen molar-refractivity contribution in [3.8, 4) is 17.2 Å². The number of carboxylic acid groups (broad SMARTS) is 1. The van der Waals surface area contributed by atoms with Crippen molar-refractivity contribution >= 4 is 35.0 Å². The zero-order chi connectivity index (χ0) is 36.3. The van der Waals surface area contributed by atoms with Crippen LogP contribution in [0.25, 0.3) is 10.9 Å². The van der Waals surface area contributed by atoms with E-state index >= 15 is 0 Å².